The minimum atomic E-state index is -4.65. The maximum absolute atomic E-state index is 14.3. The first-order valence-electron chi connectivity index (χ1n) is 14.8. The molecule has 2 amide bonds. The number of nitrogens with zero attached hydrogens (tertiary/aromatic N) is 4. The summed E-state index contributed by atoms with van der Waals surface area (Å²) in [6, 6.07) is 18.0. The molecule has 0 bridgehead atoms. The van der Waals surface area contributed by atoms with Crippen LogP contribution in [-0.2, 0) is 17.5 Å². The van der Waals surface area contributed by atoms with Crippen molar-refractivity contribution in [3.05, 3.63) is 113 Å². The highest BCUT2D eigenvalue weighted by Gasteiger charge is 2.46. The van der Waals surface area contributed by atoms with Crippen LogP contribution in [0.1, 0.15) is 45.6 Å². The monoisotopic (exact) mass is 620 g/mol. The third kappa shape index (κ3) is 6.07. The highest BCUT2D eigenvalue weighted by atomic mass is 19.4. The average Bonchev–Trinajstić information content (AvgIpc) is 3.40. The summed E-state index contributed by atoms with van der Waals surface area (Å²) in [7, 11) is 0. The van der Waals surface area contributed by atoms with Gasteiger partial charge in [0.15, 0.2) is 0 Å². The molecule has 0 spiro atoms. The number of carbonyl (C=O) groups is 2. The second-order valence-corrected chi connectivity index (χ2v) is 11.1. The van der Waals surface area contributed by atoms with Crippen LogP contribution in [0.5, 0.6) is 0 Å². The third-order valence-corrected chi connectivity index (χ3v) is 8.27. The largest absolute Gasteiger partial charge is 0.416 e. The third-order valence-electron chi connectivity index (χ3n) is 8.27. The van der Waals surface area contributed by atoms with Gasteiger partial charge in [-0.05, 0) is 55.0 Å². The molecule has 8 nitrogen and oxygen atoms in total. The molecule has 45 heavy (non-hydrogen) atoms. The predicted octanol–water partition coefficient (Wildman–Crippen LogP) is 4.73. The highest BCUT2D eigenvalue weighted by molar-refractivity contribution is 6.05. The molecule has 234 valence electrons. The standard InChI is InChI=1S/C33H32F4N6O2/c1-2-42-31-28(26(20-41-17-15-38-16-18-41)40-43(31)25-9-4-3-5-10-25)27(21-11-13-24(34)14-12-21)29(32(42)45)39-30(44)22-7-6-8-23(19-22)33(35,36)37/h3-14,19,27,29,38H,2,15-18,20H2,1H3,(H,39,44)/t27?,29-/m1/s1. The number of para-hydroxylation sites is 1. The van der Waals surface area contributed by atoms with E-state index < -0.39 is 41.3 Å². The molecule has 1 unspecified atom stereocenters. The van der Waals surface area contributed by atoms with Crippen LogP contribution in [0.15, 0.2) is 78.9 Å². The summed E-state index contributed by atoms with van der Waals surface area (Å²) >= 11 is 0. The predicted molar refractivity (Wildman–Crippen MR) is 161 cm³/mol. The summed E-state index contributed by atoms with van der Waals surface area (Å²) in [5, 5.41) is 11.1. The zero-order chi connectivity index (χ0) is 31.7. The number of benzene rings is 3. The first-order valence-corrected chi connectivity index (χ1v) is 14.8. The Kier molecular flexibility index (Phi) is 8.43. The molecule has 0 saturated carbocycles. The van der Waals surface area contributed by atoms with Gasteiger partial charge in [0.2, 0.25) is 0 Å². The van der Waals surface area contributed by atoms with Crippen molar-refractivity contribution in [1.29, 1.82) is 0 Å². The number of fused-ring (bicyclic) bond motifs is 1. The number of anilines is 1. The second-order valence-electron chi connectivity index (χ2n) is 11.1. The van der Waals surface area contributed by atoms with Crippen molar-refractivity contribution in [2.45, 2.75) is 31.6 Å². The van der Waals surface area contributed by atoms with Crippen molar-refractivity contribution in [1.82, 2.24) is 25.3 Å². The van der Waals surface area contributed by atoms with E-state index in [9.17, 15) is 27.2 Å². The van der Waals surface area contributed by atoms with Gasteiger partial charge in [0.05, 0.1) is 16.9 Å². The van der Waals surface area contributed by atoms with E-state index >= 15 is 0 Å². The number of hydrogen-bond acceptors (Lipinski definition) is 5. The molecule has 2 aliphatic rings. The van der Waals surface area contributed by atoms with Crippen molar-refractivity contribution >= 4 is 17.6 Å². The van der Waals surface area contributed by atoms with Crippen LogP contribution in [0.25, 0.3) is 5.69 Å². The molecule has 3 heterocycles. The van der Waals surface area contributed by atoms with Gasteiger partial charge >= 0.3 is 6.18 Å². The molecular weight excluding hydrogens is 588 g/mol. The molecule has 4 aromatic rings. The van der Waals surface area contributed by atoms with Crippen LogP contribution >= 0.6 is 0 Å². The van der Waals surface area contributed by atoms with Crippen molar-refractivity contribution in [3.8, 4) is 5.69 Å². The Labute approximate surface area is 257 Å². The molecule has 12 heteroatoms. The number of halogens is 4. The van der Waals surface area contributed by atoms with Gasteiger partial charge in [0, 0.05) is 56.3 Å². The number of aromatic nitrogens is 2. The Morgan fingerprint density at radius 3 is 2.38 bits per heavy atom. The van der Waals surface area contributed by atoms with E-state index in [0.29, 0.717) is 29.2 Å². The minimum absolute atomic E-state index is 0.231. The molecule has 1 saturated heterocycles. The van der Waals surface area contributed by atoms with Crippen LogP contribution in [0.3, 0.4) is 0 Å². The minimum Gasteiger partial charge on any atom is -0.339 e. The van der Waals surface area contributed by atoms with E-state index in [1.54, 1.807) is 21.7 Å². The molecule has 0 radical (unpaired) electrons. The normalized spacial score (nSPS) is 19.0. The maximum Gasteiger partial charge on any atom is 0.416 e. The fourth-order valence-electron chi connectivity index (χ4n) is 6.11. The summed E-state index contributed by atoms with van der Waals surface area (Å²) in [5.41, 5.74) is 1.47. The zero-order valence-corrected chi connectivity index (χ0v) is 24.5. The number of alkyl halides is 3. The fourth-order valence-corrected chi connectivity index (χ4v) is 6.11. The summed E-state index contributed by atoms with van der Waals surface area (Å²) in [4.78, 5) is 31.7. The molecule has 0 aliphatic carbocycles. The van der Waals surface area contributed by atoms with E-state index in [2.05, 4.69) is 15.5 Å². The van der Waals surface area contributed by atoms with E-state index in [1.165, 1.54) is 18.2 Å². The molecule has 1 fully saturated rings. The first kappa shape index (κ1) is 30.5. The molecule has 6 rings (SSSR count). The summed E-state index contributed by atoms with van der Waals surface area (Å²) < 4.78 is 56.3. The van der Waals surface area contributed by atoms with E-state index in [-0.39, 0.29) is 12.1 Å². The Hall–Kier alpha value is -4.55. The summed E-state index contributed by atoms with van der Waals surface area (Å²) in [6.07, 6.45) is -4.65. The number of nitrogens with one attached hydrogen (secondary N) is 2. The summed E-state index contributed by atoms with van der Waals surface area (Å²) in [6.45, 7) is 5.67. The molecule has 1 aromatic heterocycles. The van der Waals surface area contributed by atoms with Crippen LogP contribution in [0, 0.1) is 5.82 Å². The van der Waals surface area contributed by atoms with Crippen LogP contribution < -0.4 is 15.5 Å². The van der Waals surface area contributed by atoms with Gasteiger partial charge in [0.25, 0.3) is 11.8 Å². The Bertz CT molecular complexity index is 1680. The van der Waals surface area contributed by atoms with E-state index in [4.69, 9.17) is 5.10 Å². The highest BCUT2D eigenvalue weighted by Crippen LogP contribution is 2.44. The average molecular weight is 621 g/mol. The number of rotatable bonds is 7. The van der Waals surface area contributed by atoms with Crippen molar-refractivity contribution in [2.24, 2.45) is 0 Å². The van der Waals surface area contributed by atoms with E-state index in [1.807, 2.05) is 37.3 Å². The van der Waals surface area contributed by atoms with Gasteiger partial charge in [-0.1, -0.05) is 36.4 Å². The number of carbonyl (C=O) groups excluding carboxylic acids is 2. The smallest absolute Gasteiger partial charge is 0.339 e. The van der Waals surface area contributed by atoms with Gasteiger partial charge in [0.1, 0.15) is 17.7 Å². The van der Waals surface area contributed by atoms with Crippen molar-refractivity contribution in [3.63, 3.8) is 0 Å². The zero-order valence-electron chi connectivity index (χ0n) is 24.5. The fraction of sp³-hybridized carbons (Fsp3) is 0.303. The quantitative estimate of drug-likeness (QED) is 0.292. The Morgan fingerprint density at radius 2 is 1.71 bits per heavy atom. The van der Waals surface area contributed by atoms with Gasteiger partial charge in [-0.25, -0.2) is 9.07 Å². The topological polar surface area (TPSA) is 82.5 Å². The molecule has 3 aromatic carbocycles. The number of piperazine rings is 1. The van der Waals surface area contributed by atoms with Crippen molar-refractivity contribution < 1.29 is 27.2 Å². The van der Waals surface area contributed by atoms with Gasteiger partial charge in [-0.15, -0.1) is 0 Å². The molecule has 2 aliphatic heterocycles. The van der Waals surface area contributed by atoms with Crippen LogP contribution in [-0.4, -0.2) is 65.3 Å². The number of likely N-dealkylation sites (N-methyl/N-ethyl adjacent to an activating group) is 1. The second kappa shape index (κ2) is 12.4. The van der Waals surface area contributed by atoms with E-state index in [0.717, 1.165) is 50.1 Å². The molecule has 2 N–H and O–H groups in total. The lowest BCUT2D eigenvalue weighted by Gasteiger charge is -2.39. The number of hydrogen-bond donors (Lipinski definition) is 2. The SMILES string of the molecule is CCN1C(=O)[C@H](NC(=O)c2cccc(C(F)(F)F)c2)C(c2ccc(F)cc2)c2c(CN3CCNCC3)nn(-c3ccccc3)c21. The van der Waals surface area contributed by atoms with Gasteiger partial charge in [-0.2, -0.15) is 18.3 Å². The molecular formula is C33H32F4N6O2. The van der Waals surface area contributed by atoms with Crippen LogP contribution in [0.4, 0.5) is 23.4 Å². The lowest BCUT2D eigenvalue weighted by molar-refractivity contribution is -0.137. The molecule has 2 atom stereocenters. The lowest BCUT2D eigenvalue weighted by Crippen LogP contribution is -2.55. The maximum atomic E-state index is 14.3. The van der Waals surface area contributed by atoms with Crippen LogP contribution in [0.2, 0.25) is 0 Å². The number of amides is 2. The van der Waals surface area contributed by atoms with Crippen molar-refractivity contribution in [2.75, 3.05) is 37.6 Å². The Morgan fingerprint density at radius 1 is 1.00 bits per heavy atom. The van der Waals surface area contributed by atoms with Gasteiger partial charge in [-0.3, -0.25) is 19.4 Å². The summed E-state index contributed by atoms with van der Waals surface area (Å²) in [5.74, 6) is -2.02. The first-order chi connectivity index (χ1) is 21.7. The van der Waals surface area contributed by atoms with Gasteiger partial charge < -0.3 is 10.6 Å². The Balaban J connectivity index is 1.52. The lowest BCUT2D eigenvalue weighted by atomic mass is 9.80.